The van der Waals surface area contributed by atoms with Crippen molar-refractivity contribution in [1.29, 1.82) is 0 Å². The molecule has 0 aliphatic rings. The van der Waals surface area contributed by atoms with Gasteiger partial charge in [0.15, 0.2) is 0 Å². The number of aromatic nitrogens is 1. The monoisotopic (exact) mass is 238 g/mol. The number of rotatable bonds is 2. The van der Waals surface area contributed by atoms with E-state index in [9.17, 15) is 13.2 Å². The number of hydrogen-bond donors (Lipinski definition) is 1. The van der Waals surface area contributed by atoms with Crippen molar-refractivity contribution < 1.29 is 18.4 Å². The molecule has 1 aromatic rings. The second-order valence-corrected chi connectivity index (χ2v) is 3.06. The molecule has 1 rings (SSSR count). The third kappa shape index (κ3) is 3.09. The van der Waals surface area contributed by atoms with E-state index in [1.165, 1.54) is 0 Å². The van der Waals surface area contributed by atoms with E-state index >= 15 is 0 Å². The van der Waals surface area contributed by atoms with Gasteiger partial charge in [-0.25, -0.2) is 0 Å². The number of halogens is 4. The van der Waals surface area contributed by atoms with Crippen molar-refractivity contribution in [2.45, 2.75) is 12.6 Å². The van der Waals surface area contributed by atoms with Gasteiger partial charge >= 0.3 is 6.18 Å². The maximum absolute atomic E-state index is 12.2. The Kier molecular flexibility index (Phi) is 3.52. The van der Waals surface area contributed by atoms with Gasteiger partial charge in [0.2, 0.25) is 0 Å². The van der Waals surface area contributed by atoms with Gasteiger partial charge < -0.3 is 5.21 Å². The maximum atomic E-state index is 12.2. The molecule has 0 aliphatic carbocycles. The van der Waals surface area contributed by atoms with E-state index in [0.717, 1.165) is 12.3 Å². The molecule has 0 aliphatic heterocycles. The molecule has 0 spiro atoms. The SMILES string of the molecule is ON=CCc1ncc(C(F)(F)F)cc1Cl. The molecule has 15 heavy (non-hydrogen) atoms. The van der Waals surface area contributed by atoms with E-state index in [1.807, 2.05) is 0 Å². The minimum absolute atomic E-state index is 0.0769. The number of alkyl halides is 3. The standard InChI is InChI=1S/C8H6ClF3N2O/c9-6-3-5(8(10,11)12)4-13-7(6)1-2-14-15/h2-4,15H,1H2. The summed E-state index contributed by atoms with van der Waals surface area (Å²) in [5.74, 6) is 0. The van der Waals surface area contributed by atoms with Gasteiger partial charge in [-0.1, -0.05) is 11.6 Å². The first-order valence-corrected chi connectivity index (χ1v) is 4.20. The fourth-order valence-corrected chi connectivity index (χ4v) is 1.14. The lowest BCUT2D eigenvalue weighted by Crippen LogP contribution is -2.06. The third-order valence-corrected chi connectivity index (χ3v) is 1.94. The lowest BCUT2D eigenvalue weighted by Gasteiger charge is -2.07. The summed E-state index contributed by atoms with van der Waals surface area (Å²) in [6.45, 7) is 0. The van der Waals surface area contributed by atoms with Gasteiger partial charge in [-0.3, -0.25) is 4.98 Å². The molecule has 0 saturated carbocycles. The third-order valence-electron chi connectivity index (χ3n) is 1.61. The summed E-state index contributed by atoms with van der Waals surface area (Å²) >= 11 is 5.57. The fourth-order valence-electron chi connectivity index (χ4n) is 0.899. The van der Waals surface area contributed by atoms with Gasteiger partial charge in [0.1, 0.15) is 0 Å². The largest absolute Gasteiger partial charge is 0.417 e. The van der Waals surface area contributed by atoms with E-state index in [1.54, 1.807) is 0 Å². The molecule has 7 heteroatoms. The summed E-state index contributed by atoms with van der Waals surface area (Å²) in [6, 6.07) is 0.787. The van der Waals surface area contributed by atoms with Crippen molar-refractivity contribution in [2.75, 3.05) is 0 Å². The molecule has 0 bridgehead atoms. The zero-order valence-corrected chi connectivity index (χ0v) is 8.05. The zero-order valence-electron chi connectivity index (χ0n) is 7.29. The van der Waals surface area contributed by atoms with Crippen molar-refractivity contribution in [1.82, 2.24) is 4.98 Å². The maximum Gasteiger partial charge on any atom is 0.417 e. The van der Waals surface area contributed by atoms with Crippen LogP contribution in [-0.4, -0.2) is 16.4 Å². The zero-order chi connectivity index (χ0) is 11.5. The first-order valence-electron chi connectivity index (χ1n) is 3.82. The van der Waals surface area contributed by atoms with Crippen LogP contribution in [0.3, 0.4) is 0 Å². The van der Waals surface area contributed by atoms with Crippen LogP contribution in [0.4, 0.5) is 13.2 Å². The van der Waals surface area contributed by atoms with Crippen LogP contribution in [-0.2, 0) is 12.6 Å². The Morgan fingerprint density at radius 1 is 1.53 bits per heavy atom. The molecule has 82 valence electrons. The highest BCUT2D eigenvalue weighted by atomic mass is 35.5. The number of hydrogen-bond acceptors (Lipinski definition) is 3. The number of pyridine rings is 1. The Labute approximate surface area is 88.2 Å². The van der Waals surface area contributed by atoms with Crippen LogP contribution in [0, 0.1) is 0 Å². The average Bonchev–Trinajstić information content (AvgIpc) is 2.14. The number of oxime groups is 1. The predicted octanol–water partition coefficient (Wildman–Crippen LogP) is 2.76. The average molecular weight is 239 g/mol. The van der Waals surface area contributed by atoms with Crippen molar-refractivity contribution >= 4 is 17.8 Å². The normalized spacial score (nSPS) is 12.3. The van der Waals surface area contributed by atoms with Gasteiger partial charge in [0.05, 0.1) is 16.3 Å². The first kappa shape index (κ1) is 11.8. The summed E-state index contributed by atoms with van der Waals surface area (Å²) in [5, 5.41) is 10.7. The van der Waals surface area contributed by atoms with Crippen LogP contribution >= 0.6 is 11.6 Å². The highest BCUT2D eigenvalue weighted by molar-refractivity contribution is 6.31. The molecule has 0 aromatic carbocycles. The second-order valence-electron chi connectivity index (χ2n) is 2.65. The first-order chi connectivity index (χ1) is 6.95. The van der Waals surface area contributed by atoms with Crippen LogP contribution in [0.25, 0.3) is 0 Å². The minimum atomic E-state index is -4.46. The molecule has 1 N–H and O–H groups in total. The Morgan fingerprint density at radius 2 is 2.20 bits per heavy atom. The second kappa shape index (κ2) is 4.48. The van der Waals surface area contributed by atoms with Crippen molar-refractivity contribution in [3.8, 4) is 0 Å². The van der Waals surface area contributed by atoms with Crippen molar-refractivity contribution in [2.24, 2.45) is 5.16 Å². The molecule has 0 fully saturated rings. The van der Waals surface area contributed by atoms with Crippen molar-refractivity contribution in [3.63, 3.8) is 0 Å². The lowest BCUT2D eigenvalue weighted by atomic mass is 10.2. The molecule has 0 atom stereocenters. The molecule has 0 saturated heterocycles. The Bertz CT molecular complexity index is 379. The molecule has 0 amide bonds. The molecule has 3 nitrogen and oxygen atoms in total. The predicted molar refractivity (Wildman–Crippen MR) is 48.2 cm³/mol. The summed E-state index contributed by atoms with van der Waals surface area (Å²) in [5.41, 5.74) is -0.681. The lowest BCUT2D eigenvalue weighted by molar-refractivity contribution is -0.137. The van der Waals surface area contributed by atoms with E-state index in [0.29, 0.717) is 6.20 Å². The van der Waals surface area contributed by atoms with Crippen LogP contribution in [0.15, 0.2) is 17.4 Å². The van der Waals surface area contributed by atoms with Crippen LogP contribution < -0.4 is 0 Å². The van der Waals surface area contributed by atoms with Gasteiger partial charge in [-0.15, -0.1) is 5.16 Å². The molecule has 1 heterocycles. The van der Waals surface area contributed by atoms with E-state index in [2.05, 4.69) is 10.1 Å². The number of nitrogens with zero attached hydrogens (tertiary/aromatic N) is 2. The highest BCUT2D eigenvalue weighted by Crippen LogP contribution is 2.30. The summed E-state index contributed by atoms with van der Waals surface area (Å²) in [4.78, 5) is 3.53. The van der Waals surface area contributed by atoms with E-state index in [-0.39, 0.29) is 17.1 Å². The van der Waals surface area contributed by atoms with Crippen LogP contribution in [0.2, 0.25) is 5.02 Å². The van der Waals surface area contributed by atoms with Crippen molar-refractivity contribution in [3.05, 3.63) is 28.5 Å². The molecular formula is C8H6ClF3N2O. The Balaban J connectivity index is 2.98. The van der Waals surface area contributed by atoms with Gasteiger partial charge in [-0.05, 0) is 6.07 Å². The molecule has 0 unspecified atom stereocenters. The van der Waals surface area contributed by atoms with Crippen LogP contribution in [0.5, 0.6) is 0 Å². The smallest absolute Gasteiger partial charge is 0.411 e. The Hall–Kier alpha value is -1.30. The highest BCUT2D eigenvalue weighted by Gasteiger charge is 2.31. The van der Waals surface area contributed by atoms with Gasteiger partial charge in [-0.2, -0.15) is 13.2 Å². The summed E-state index contributed by atoms with van der Waals surface area (Å²) < 4.78 is 36.6. The molecule has 1 aromatic heterocycles. The quantitative estimate of drug-likeness (QED) is 0.489. The van der Waals surface area contributed by atoms with E-state index in [4.69, 9.17) is 16.8 Å². The van der Waals surface area contributed by atoms with Gasteiger partial charge in [0.25, 0.3) is 0 Å². The molecule has 0 radical (unpaired) electrons. The fraction of sp³-hybridized carbons (Fsp3) is 0.250. The van der Waals surface area contributed by atoms with E-state index < -0.39 is 11.7 Å². The van der Waals surface area contributed by atoms with Crippen LogP contribution in [0.1, 0.15) is 11.3 Å². The Morgan fingerprint density at radius 3 is 2.67 bits per heavy atom. The topological polar surface area (TPSA) is 45.5 Å². The molecular weight excluding hydrogens is 233 g/mol. The van der Waals surface area contributed by atoms with Gasteiger partial charge in [0, 0.05) is 18.8 Å². The summed E-state index contributed by atoms with van der Waals surface area (Å²) in [7, 11) is 0. The summed E-state index contributed by atoms with van der Waals surface area (Å²) in [6.07, 6.45) is -2.61. The minimum Gasteiger partial charge on any atom is -0.411 e.